The lowest BCUT2D eigenvalue weighted by Gasteiger charge is -2.32. The first-order chi connectivity index (χ1) is 16.9. The largest absolute Gasteiger partial charge is 0.352 e. The fourth-order valence-electron chi connectivity index (χ4n) is 4.88. The summed E-state index contributed by atoms with van der Waals surface area (Å²) in [6.45, 7) is 10.2. The number of carbonyl (C=O) groups excluding carboxylic acids is 1. The van der Waals surface area contributed by atoms with Crippen LogP contribution in [0.2, 0.25) is 0 Å². The molecule has 4 aromatic rings. The van der Waals surface area contributed by atoms with Crippen LogP contribution in [0.25, 0.3) is 16.6 Å². The quantitative estimate of drug-likeness (QED) is 0.464. The van der Waals surface area contributed by atoms with Gasteiger partial charge in [-0.3, -0.25) is 4.79 Å². The zero-order chi connectivity index (χ0) is 24.5. The summed E-state index contributed by atoms with van der Waals surface area (Å²) in [4.78, 5) is 15.2. The van der Waals surface area contributed by atoms with E-state index in [-0.39, 0.29) is 11.8 Å². The molecule has 0 aliphatic carbocycles. The first-order valence-corrected chi connectivity index (χ1v) is 12.3. The maximum absolute atomic E-state index is 13.0. The molecule has 1 fully saturated rings. The maximum Gasteiger partial charge on any atom is 0.225 e. The first kappa shape index (κ1) is 23.0. The Morgan fingerprint density at radius 3 is 2.37 bits per heavy atom. The highest BCUT2D eigenvalue weighted by Crippen LogP contribution is 2.31. The minimum atomic E-state index is -0.0902. The maximum atomic E-state index is 13.0. The Labute approximate surface area is 206 Å². The third kappa shape index (κ3) is 4.63. The zero-order valence-electron chi connectivity index (χ0n) is 20.9. The number of benzene rings is 2. The lowest BCUT2D eigenvalue weighted by atomic mass is 9.97. The average molecular weight is 469 g/mol. The van der Waals surface area contributed by atoms with Gasteiger partial charge in [0.2, 0.25) is 5.91 Å². The van der Waals surface area contributed by atoms with Crippen LogP contribution in [0.1, 0.15) is 40.9 Å². The molecule has 1 saturated heterocycles. The third-order valence-electron chi connectivity index (χ3n) is 6.94. The van der Waals surface area contributed by atoms with Crippen LogP contribution < -0.4 is 10.2 Å². The predicted molar refractivity (Wildman–Crippen MR) is 139 cm³/mol. The standard InChI is InChI=1S/C28H32N6O/c1-18-7-11-22(12-8-18)16-29-28(35)23-6-5-15-33(17-23)27-26-25(20(3)30-31-27)21(4)34(32-26)24-13-9-19(2)10-14-24/h7-14,23H,5-6,15-17H2,1-4H3,(H,29,35)/t23-/m1/s1. The highest BCUT2D eigenvalue weighted by Gasteiger charge is 2.29. The van der Waals surface area contributed by atoms with Gasteiger partial charge in [0.1, 0.15) is 5.52 Å². The fourth-order valence-corrected chi connectivity index (χ4v) is 4.88. The van der Waals surface area contributed by atoms with Crippen LogP contribution in [0.15, 0.2) is 48.5 Å². The van der Waals surface area contributed by atoms with Crippen molar-refractivity contribution in [2.75, 3.05) is 18.0 Å². The van der Waals surface area contributed by atoms with E-state index in [9.17, 15) is 4.79 Å². The van der Waals surface area contributed by atoms with Crippen molar-refractivity contribution in [3.8, 4) is 5.69 Å². The molecule has 1 N–H and O–H groups in total. The van der Waals surface area contributed by atoms with E-state index >= 15 is 0 Å². The number of carbonyl (C=O) groups is 1. The Morgan fingerprint density at radius 2 is 1.66 bits per heavy atom. The van der Waals surface area contributed by atoms with Crippen LogP contribution >= 0.6 is 0 Å². The highest BCUT2D eigenvalue weighted by atomic mass is 16.1. The second-order valence-electron chi connectivity index (χ2n) is 9.65. The molecule has 2 aromatic heterocycles. The molecule has 7 nitrogen and oxygen atoms in total. The van der Waals surface area contributed by atoms with E-state index in [2.05, 4.69) is 89.7 Å². The van der Waals surface area contributed by atoms with E-state index in [1.807, 2.05) is 11.6 Å². The lowest BCUT2D eigenvalue weighted by Crippen LogP contribution is -2.43. The lowest BCUT2D eigenvalue weighted by molar-refractivity contribution is -0.125. The monoisotopic (exact) mass is 468 g/mol. The molecule has 1 aliphatic rings. The summed E-state index contributed by atoms with van der Waals surface area (Å²) in [6, 6.07) is 16.6. The van der Waals surface area contributed by atoms with Crippen LogP contribution in [0, 0.1) is 33.6 Å². The van der Waals surface area contributed by atoms with Gasteiger partial charge in [0.15, 0.2) is 5.82 Å². The second kappa shape index (κ2) is 9.49. The van der Waals surface area contributed by atoms with Gasteiger partial charge in [-0.25, -0.2) is 4.68 Å². The van der Waals surface area contributed by atoms with E-state index in [1.54, 1.807) is 0 Å². The van der Waals surface area contributed by atoms with Crippen LogP contribution in [0.4, 0.5) is 5.82 Å². The summed E-state index contributed by atoms with van der Waals surface area (Å²) in [5, 5.41) is 18.2. The van der Waals surface area contributed by atoms with Crippen LogP contribution in [-0.2, 0) is 11.3 Å². The van der Waals surface area contributed by atoms with E-state index in [4.69, 9.17) is 5.10 Å². The molecule has 7 heteroatoms. The van der Waals surface area contributed by atoms with Crippen molar-refractivity contribution < 1.29 is 4.79 Å². The number of nitrogens with one attached hydrogen (secondary N) is 1. The Balaban J connectivity index is 1.39. The number of hydrogen-bond donors (Lipinski definition) is 1. The SMILES string of the molecule is Cc1ccc(CNC(=O)[C@@H]2CCCN(c3nnc(C)c4c(C)n(-c5ccc(C)cc5)nc34)C2)cc1. The molecule has 1 atom stereocenters. The van der Waals surface area contributed by atoms with Gasteiger partial charge >= 0.3 is 0 Å². The molecular weight excluding hydrogens is 436 g/mol. The summed E-state index contributed by atoms with van der Waals surface area (Å²) >= 11 is 0. The van der Waals surface area contributed by atoms with Gasteiger partial charge in [0.25, 0.3) is 0 Å². The Kier molecular flexibility index (Phi) is 6.24. The normalized spacial score (nSPS) is 16.0. The molecule has 180 valence electrons. The van der Waals surface area contributed by atoms with Gasteiger partial charge < -0.3 is 10.2 Å². The molecule has 3 heterocycles. The van der Waals surface area contributed by atoms with Crippen molar-refractivity contribution in [2.45, 2.75) is 47.1 Å². The molecule has 1 amide bonds. The van der Waals surface area contributed by atoms with Gasteiger partial charge in [-0.1, -0.05) is 47.5 Å². The number of piperidine rings is 1. The zero-order valence-corrected chi connectivity index (χ0v) is 20.9. The number of rotatable bonds is 5. The first-order valence-electron chi connectivity index (χ1n) is 12.3. The van der Waals surface area contributed by atoms with Crippen LogP contribution in [0.5, 0.6) is 0 Å². The minimum Gasteiger partial charge on any atom is -0.352 e. The van der Waals surface area contributed by atoms with Gasteiger partial charge in [0.05, 0.1) is 28.4 Å². The molecule has 5 rings (SSSR count). The molecule has 1 aliphatic heterocycles. The molecular formula is C28H32N6O. The van der Waals surface area contributed by atoms with Crippen LogP contribution in [-0.4, -0.2) is 39.0 Å². The number of anilines is 1. The molecule has 0 spiro atoms. The molecule has 35 heavy (non-hydrogen) atoms. The predicted octanol–water partition coefficient (Wildman–Crippen LogP) is 4.58. The van der Waals surface area contributed by atoms with Crippen molar-refractivity contribution in [2.24, 2.45) is 5.92 Å². The summed E-state index contributed by atoms with van der Waals surface area (Å²) in [7, 11) is 0. The molecule has 2 aromatic carbocycles. The van der Waals surface area contributed by atoms with Crippen molar-refractivity contribution in [3.63, 3.8) is 0 Å². The van der Waals surface area contributed by atoms with Gasteiger partial charge in [0, 0.05) is 19.6 Å². The minimum absolute atomic E-state index is 0.0902. The van der Waals surface area contributed by atoms with Gasteiger partial charge in [-0.15, -0.1) is 5.10 Å². The molecule has 0 saturated carbocycles. The number of aryl methyl sites for hydroxylation is 4. The Hall–Kier alpha value is -3.74. The van der Waals surface area contributed by atoms with E-state index in [0.29, 0.717) is 13.1 Å². The summed E-state index contributed by atoms with van der Waals surface area (Å²) in [6.07, 6.45) is 1.80. The third-order valence-corrected chi connectivity index (χ3v) is 6.94. The molecule has 0 bridgehead atoms. The van der Waals surface area contributed by atoms with Crippen molar-refractivity contribution in [1.82, 2.24) is 25.3 Å². The Morgan fingerprint density at radius 1 is 0.971 bits per heavy atom. The second-order valence-corrected chi connectivity index (χ2v) is 9.65. The molecule has 0 unspecified atom stereocenters. The topological polar surface area (TPSA) is 75.9 Å². The fraction of sp³-hybridized carbons (Fsp3) is 0.357. The smallest absolute Gasteiger partial charge is 0.225 e. The summed E-state index contributed by atoms with van der Waals surface area (Å²) in [5.41, 5.74) is 7.31. The highest BCUT2D eigenvalue weighted by molar-refractivity contribution is 5.92. The van der Waals surface area contributed by atoms with E-state index < -0.39 is 0 Å². The number of fused-ring (bicyclic) bond motifs is 1. The van der Waals surface area contributed by atoms with Crippen molar-refractivity contribution >= 4 is 22.6 Å². The van der Waals surface area contributed by atoms with Crippen molar-refractivity contribution in [3.05, 3.63) is 76.6 Å². The Bertz CT molecular complexity index is 1360. The number of aromatic nitrogens is 4. The number of nitrogens with zero attached hydrogens (tertiary/aromatic N) is 5. The van der Waals surface area contributed by atoms with Gasteiger partial charge in [-0.05, 0) is 58.2 Å². The van der Waals surface area contributed by atoms with Crippen molar-refractivity contribution in [1.29, 1.82) is 0 Å². The van der Waals surface area contributed by atoms with E-state index in [0.717, 1.165) is 58.7 Å². The number of amides is 1. The van der Waals surface area contributed by atoms with Gasteiger partial charge in [-0.2, -0.15) is 10.2 Å². The number of hydrogen-bond acceptors (Lipinski definition) is 5. The average Bonchev–Trinajstić information content (AvgIpc) is 3.22. The van der Waals surface area contributed by atoms with Crippen LogP contribution in [0.3, 0.4) is 0 Å². The van der Waals surface area contributed by atoms with E-state index in [1.165, 1.54) is 11.1 Å². The molecule has 0 radical (unpaired) electrons. The summed E-state index contributed by atoms with van der Waals surface area (Å²) in [5.74, 6) is 0.760. The summed E-state index contributed by atoms with van der Waals surface area (Å²) < 4.78 is 1.97.